The maximum Gasteiger partial charge on any atom is 0.320 e. The highest BCUT2D eigenvalue weighted by Gasteiger charge is 2.36. The summed E-state index contributed by atoms with van der Waals surface area (Å²) in [5.74, 6) is 0.277. The van der Waals surface area contributed by atoms with E-state index in [0.717, 1.165) is 12.8 Å². The molecule has 1 aromatic heterocycles. The first-order chi connectivity index (χ1) is 16.6. The molecule has 0 saturated carbocycles. The van der Waals surface area contributed by atoms with E-state index in [2.05, 4.69) is 41.3 Å². The number of benzene rings is 2. The molecule has 2 atom stereocenters. The normalized spacial score (nSPS) is 21.0. The number of aromatic nitrogens is 2. The zero-order chi connectivity index (χ0) is 23.5. The number of likely N-dealkylation sites (tertiary alicyclic amines) is 1. The first-order valence-corrected chi connectivity index (χ1v) is 11.9. The average Bonchev–Trinajstić information content (AvgIpc) is 3.39. The fourth-order valence-electron chi connectivity index (χ4n) is 4.81. The van der Waals surface area contributed by atoms with Crippen LogP contribution >= 0.6 is 0 Å². The van der Waals surface area contributed by atoms with Crippen molar-refractivity contribution in [2.24, 2.45) is 0 Å². The van der Waals surface area contributed by atoms with Crippen molar-refractivity contribution in [3.8, 4) is 11.4 Å². The number of hydrogen-bond acceptors (Lipinski definition) is 5. The quantitative estimate of drug-likeness (QED) is 0.570. The Morgan fingerprint density at radius 2 is 1.76 bits per heavy atom. The van der Waals surface area contributed by atoms with Crippen LogP contribution in [0.2, 0.25) is 0 Å². The minimum Gasteiger partial charge on any atom is -0.378 e. The molecule has 178 valence electrons. The molecule has 2 fully saturated rings. The van der Waals surface area contributed by atoms with Gasteiger partial charge >= 0.3 is 6.03 Å². The zero-order valence-electron chi connectivity index (χ0n) is 19.3. The Morgan fingerprint density at radius 1 is 1.03 bits per heavy atom. The van der Waals surface area contributed by atoms with Crippen LogP contribution in [-0.4, -0.2) is 65.4 Å². The molecule has 5 rings (SSSR count). The number of rotatable bonds is 4. The van der Waals surface area contributed by atoms with Gasteiger partial charge in [-0.3, -0.25) is 0 Å². The number of ether oxygens (including phenoxy) is 1. The molecule has 34 heavy (non-hydrogen) atoms. The first-order valence-electron chi connectivity index (χ1n) is 11.9. The fourth-order valence-corrected chi connectivity index (χ4v) is 4.81. The van der Waals surface area contributed by atoms with Crippen molar-refractivity contribution in [3.05, 3.63) is 71.4 Å². The zero-order valence-corrected chi connectivity index (χ0v) is 19.3. The molecular weight excluding hydrogens is 435 g/mol. The van der Waals surface area contributed by atoms with Gasteiger partial charge in [0.15, 0.2) is 0 Å². The predicted octanol–water partition coefficient (Wildman–Crippen LogP) is 4.46. The Bertz CT molecular complexity index is 1130. The van der Waals surface area contributed by atoms with Crippen LogP contribution in [0.3, 0.4) is 0 Å². The molecule has 7 nitrogen and oxygen atoms in total. The van der Waals surface area contributed by atoms with E-state index in [1.165, 1.54) is 17.2 Å². The Labute approximate surface area is 198 Å². The van der Waals surface area contributed by atoms with Crippen LogP contribution in [0.4, 0.5) is 9.18 Å². The van der Waals surface area contributed by atoms with Gasteiger partial charge in [0.2, 0.25) is 11.7 Å². The summed E-state index contributed by atoms with van der Waals surface area (Å²) in [6.45, 7) is 5.55. The van der Waals surface area contributed by atoms with Crippen molar-refractivity contribution in [1.82, 2.24) is 19.9 Å². The summed E-state index contributed by atoms with van der Waals surface area (Å²) < 4.78 is 25.3. The number of halogens is 1. The molecule has 2 aliphatic rings. The van der Waals surface area contributed by atoms with Crippen LogP contribution < -0.4 is 0 Å². The van der Waals surface area contributed by atoms with E-state index in [1.807, 2.05) is 9.80 Å². The standard InChI is InChI=1S/C26H29FN4O3/c1-2-18-7-9-19(10-8-18)20-15-21(17-31(16-20)26(32)30-11-13-33-14-12-30)25-28-24(29-34-25)22-5-3-4-6-23(22)27/h3-10,20-21H,2,11-17H2,1H3. The van der Waals surface area contributed by atoms with Crippen molar-refractivity contribution in [2.75, 3.05) is 39.4 Å². The third kappa shape index (κ3) is 4.68. The molecular formula is C26H29FN4O3. The second kappa shape index (κ2) is 9.93. The van der Waals surface area contributed by atoms with Crippen LogP contribution in [0.5, 0.6) is 0 Å². The third-order valence-corrected chi connectivity index (χ3v) is 6.77. The van der Waals surface area contributed by atoms with E-state index in [1.54, 1.807) is 18.2 Å². The fraction of sp³-hybridized carbons (Fsp3) is 0.423. The number of piperidine rings is 1. The van der Waals surface area contributed by atoms with Gasteiger partial charge in [-0.1, -0.05) is 48.5 Å². The predicted molar refractivity (Wildman–Crippen MR) is 125 cm³/mol. The second-order valence-electron chi connectivity index (χ2n) is 8.95. The summed E-state index contributed by atoms with van der Waals surface area (Å²) >= 11 is 0. The molecule has 0 aliphatic carbocycles. The molecule has 2 saturated heterocycles. The lowest BCUT2D eigenvalue weighted by atomic mass is 9.84. The molecule has 2 unspecified atom stereocenters. The van der Waals surface area contributed by atoms with Gasteiger partial charge in [0, 0.05) is 32.1 Å². The second-order valence-corrected chi connectivity index (χ2v) is 8.95. The maximum absolute atomic E-state index is 14.3. The summed E-state index contributed by atoms with van der Waals surface area (Å²) in [4.78, 5) is 21.6. The summed E-state index contributed by atoms with van der Waals surface area (Å²) in [6.07, 6.45) is 1.76. The van der Waals surface area contributed by atoms with E-state index in [4.69, 9.17) is 9.26 Å². The van der Waals surface area contributed by atoms with Crippen LogP contribution in [0.1, 0.15) is 42.2 Å². The van der Waals surface area contributed by atoms with Gasteiger partial charge in [0.25, 0.3) is 0 Å². The molecule has 0 spiro atoms. The monoisotopic (exact) mass is 464 g/mol. The number of morpholine rings is 1. The van der Waals surface area contributed by atoms with Crippen LogP contribution in [0, 0.1) is 5.82 Å². The van der Waals surface area contributed by atoms with Crippen LogP contribution in [0.15, 0.2) is 53.1 Å². The Morgan fingerprint density at radius 3 is 2.50 bits per heavy atom. The van der Waals surface area contributed by atoms with E-state index >= 15 is 0 Å². The maximum atomic E-state index is 14.3. The van der Waals surface area contributed by atoms with E-state index in [9.17, 15) is 9.18 Å². The van der Waals surface area contributed by atoms with E-state index in [0.29, 0.717) is 50.8 Å². The van der Waals surface area contributed by atoms with Gasteiger partial charge in [-0.15, -0.1) is 0 Å². The van der Waals surface area contributed by atoms with Gasteiger partial charge in [-0.05, 0) is 36.1 Å². The minimum atomic E-state index is -0.392. The molecule has 3 aromatic rings. The van der Waals surface area contributed by atoms with E-state index < -0.39 is 5.82 Å². The SMILES string of the molecule is CCc1ccc(C2CC(c3nc(-c4ccccc4F)no3)CN(C(=O)N3CCOCC3)C2)cc1. The third-order valence-electron chi connectivity index (χ3n) is 6.77. The lowest BCUT2D eigenvalue weighted by Crippen LogP contribution is -2.52. The van der Waals surface area contributed by atoms with Gasteiger partial charge in [0.05, 0.1) is 24.7 Å². The summed E-state index contributed by atoms with van der Waals surface area (Å²) in [6, 6.07) is 15.0. The van der Waals surface area contributed by atoms with Crippen molar-refractivity contribution in [2.45, 2.75) is 31.6 Å². The van der Waals surface area contributed by atoms with Crippen molar-refractivity contribution >= 4 is 6.03 Å². The Balaban J connectivity index is 1.42. The highest BCUT2D eigenvalue weighted by molar-refractivity contribution is 5.75. The van der Waals surface area contributed by atoms with Gasteiger partial charge in [-0.2, -0.15) is 4.98 Å². The molecule has 2 aromatic carbocycles. The minimum absolute atomic E-state index is 0.0111. The van der Waals surface area contributed by atoms with Gasteiger partial charge in [-0.25, -0.2) is 9.18 Å². The number of urea groups is 1. The molecule has 0 bridgehead atoms. The Hall–Kier alpha value is -3.26. The molecule has 0 N–H and O–H groups in total. The number of amides is 2. The van der Waals surface area contributed by atoms with Crippen LogP contribution in [0.25, 0.3) is 11.4 Å². The van der Waals surface area contributed by atoms with Crippen molar-refractivity contribution in [3.63, 3.8) is 0 Å². The number of carbonyl (C=O) groups is 1. The largest absolute Gasteiger partial charge is 0.378 e. The molecule has 2 aliphatic heterocycles. The molecule has 0 radical (unpaired) electrons. The first kappa shape index (κ1) is 22.5. The number of nitrogens with zero attached hydrogens (tertiary/aromatic N) is 4. The van der Waals surface area contributed by atoms with Gasteiger partial charge in [0.1, 0.15) is 5.82 Å². The lowest BCUT2D eigenvalue weighted by Gasteiger charge is -2.40. The van der Waals surface area contributed by atoms with Gasteiger partial charge < -0.3 is 19.1 Å². The average molecular weight is 465 g/mol. The lowest BCUT2D eigenvalue weighted by molar-refractivity contribution is 0.0392. The number of carbonyl (C=O) groups excluding carboxylic acids is 1. The topological polar surface area (TPSA) is 71.7 Å². The summed E-state index contributed by atoms with van der Waals surface area (Å²) in [7, 11) is 0. The molecule has 8 heteroatoms. The number of aryl methyl sites for hydroxylation is 1. The summed E-state index contributed by atoms with van der Waals surface area (Å²) in [5, 5.41) is 4.05. The van der Waals surface area contributed by atoms with E-state index in [-0.39, 0.29) is 23.7 Å². The summed E-state index contributed by atoms with van der Waals surface area (Å²) in [5.41, 5.74) is 2.78. The number of hydrogen-bond donors (Lipinski definition) is 0. The smallest absolute Gasteiger partial charge is 0.320 e. The van der Waals surface area contributed by atoms with Crippen LogP contribution in [-0.2, 0) is 11.2 Å². The highest BCUT2D eigenvalue weighted by Crippen LogP contribution is 2.36. The highest BCUT2D eigenvalue weighted by atomic mass is 19.1. The van der Waals surface area contributed by atoms with Crippen molar-refractivity contribution < 1.29 is 18.4 Å². The van der Waals surface area contributed by atoms with Crippen molar-refractivity contribution in [1.29, 1.82) is 0 Å². The molecule has 2 amide bonds. The molecule has 3 heterocycles. The Kier molecular flexibility index (Phi) is 6.58.